The van der Waals surface area contributed by atoms with Gasteiger partial charge in [-0.15, -0.1) is 0 Å². The predicted octanol–water partition coefficient (Wildman–Crippen LogP) is 2.39. The van der Waals surface area contributed by atoms with Crippen molar-refractivity contribution < 1.29 is 4.79 Å². The Morgan fingerprint density at radius 2 is 1.90 bits per heavy atom. The second-order valence-corrected chi connectivity index (χ2v) is 6.64. The maximum Gasteiger partial charge on any atom is 0.221 e. The van der Waals surface area contributed by atoms with Crippen LogP contribution in [0.5, 0.6) is 0 Å². The third-order valence-electron chi connectivity index (χ3n) is 3.71. The average Bonchev–Trinajstić information content (AvgIpc) is 2.43. The summed E-state index contributed by atoms with van der Waals surface area (Å²) in [5, 5.41) is 2.95. The molecule has 1 amide bonds. The molecule has 0 aliphatic rings. The maximum absolute atomic E-state index is 11.8. The molecular weight excluding hydrogens is 262 g/mol. The van der Waals surface area contributed by atoms with E-state index in [9.17, 15) is 4.79 Å². The number of nitrogens with two attached hydrogens (primary N) is 1. The molecule has 0 aromatic heterocycles. The molecule has 0 aliphatic heterocycles. The quantitative estimate of drug-likeness (QED) is 0.758. The van der Waals surface area contributed by atoms with Gasteiger partial charge in [0.2, 0.25) is 5.91 Å². The third-order valence-corrected chi connectivity index (χ3v) is 3.71. The first-order chi connectivity index (χ1) is 9.80. The van der Waals surface area contributed by atoms with Crippen molar-refractivity contribution in [2.24, 2.45) is 11.1 Å². The Labute approximate surface area is 128 Å². The lowest BCUT2D eigenvalue weighted by Crippen LogP contribution is -2.40. The van der Waals surface area contributed by atoms with Crippen molar-refractivity contribution in [2.75, 3.05) is 25.0 Å². The fourth-order valence-corrected chi connectivity index (χ4v) is 1.93. The van der Waals surface area contributed by atoms with Crippen LogP contribution in [0, 0.1) is 5.41 Å². The van der Waals surface area contributed by atoms with Crippen molar-refractivity contribution in [2.45, 2.75) is 39.7 Å². The Morgan fingerprint density at radius 1 is 1.29 bits per heavy atom. The highest BCUT2D eigenvalue weighted by Crippen LogP contribution is 2.19. The summed E-state index contributed by atoms with van der Waals surface area (Å²) < 4.78 is 0. The molecule has 21 heavy (non-hydrogen) atoms. The molecule has 0 heterocycles. The van der Waals surface area contributed by atoms with E-state index in [1.165, 1.54) is 5.69 Å². The Balaban J connectivity index is 2.21. The number of para-hydroxylation sites is 1. The van der Waals surface area contributed by atoms with E-state index in [-0.39, 0.29) is 17.4 Å². The molecule has 1 unspecified atom stereocenters. The molecule has 1 aromatic rings. The van der Waals surface area contributed by atoms with E-state index in [1.807, 2.05) is 18.2 Å². The normalized spacial score (nSPS) is 12.8. The highest BCUT2D eigenvalue weighted by Gasteiger charge is 2.22. The second kappa shape index (κ2) is 8.03. The minimum Gasteiger partial charge on any atom is -0.375 e. The highest BCUT2D eigenvalue weighted by atomic mass is 16.1. The van der Waals surface area contributed by atoms with Crippen LogP contribution < -0.4 is 16.0 Å². The molecule has 0 bridgehead atoms. The molecule has 1 aromatic carbocycles. The number of nitrogens with zero attached hydrogens (tertiary/aromatic N) is 1. The first-order valence-corrected chi connectivity index (χ1v) is 7.59. The van der Waals surface area contributed by atoms with Crippen LogP contribution in [0.25, 0.3) is 0 Å². The van der Waals surface area contributed by atoms with Crippen molar-refractivity contribution in [3.63, 3.8) is 0 Å². The lowest BCUT2D eigenvalue weighted by atomic mass is 9.85. The fraction of sp³-hybridized carbons (Fsp3) is 0.588. The monoisotopic (exact) mass is 291 g/mol. The van der Waals surface area contributed by atoms with Crippen molar-refractivity contribution >= 4 is 11.6 Å². The zero-order chi connectivity index (χ0) is 15.9. The van der Waals surface area contributed by atoms with E-state index in [1.54, 1.807) is 0 Å². The Hall–Kier alpha value is -1.55. The third kappa shape index (κ3) is 6.63. The van der Waals surface area contributed by atoms with Gasteiger partial charge in [-0.25, -0.2) is 0 Å². The standard InChI is InChI=1S/C17H29N3O/c1-17(2,3)15(18)13-16(21)19-11-8-12-20(4)14-9-6-5-7-10-14/h5-7,9-10,15H,8,11-13,18H2,1-4H3,(H,19,21). The molecule has 0 aliphatic carbocycles. The van der Waals surface area contributed by atoms with Gasteiger partial charge < -0.3 is 16.0 Å². The number of rotatable bonds is 7. The number of benzene rings is 1. The highest BCUT2D eigenvalue weighted by molar-refractivity contribution is 5.76. The van der Waals surface area contributed by atoms with Crippen molar-refractivity contribution in [1.82, 2.24) is 5.32 Å². The summed E-state index contributed by atoms with van der Waals surface area (Å²) in [5.41, 5.74) is 7.17. The molecule has 0 saturated heterocycles. The van der Waals surface area contributed by atoms with Gasteiger partial charge in [-0.2, -0.15) is 0 Å². The van der Waals surface area contributed by atoms with Gasteiger partial charge in [0.05, 0.1) is 0 Å². The second-order valence-electron chi connectivity index (χ2n) is 6.64. The fourth-order valence-electron chi connectivity index (χ4n) is 1.93. The van der Waals surface area contributed by atoms with Crippen LogP contribution in [0.1, 0.15) is 33.6 Å². The molecule has 0 spiro atoms. The van der Waals surface area contributed by atoms with Gasteiger partial charge in [-0.1, -0.05) is 39.0 Å². The van der Waals surface area contributed by atoms with Gasteiger partial charge in [-0.3, -0.25) is 4.79 Å². The van der Waals surface area contributed by atoms with Crippen LogP contribution in [0.4, 0.5) is 5.69 Å². The SMILES string of the molecule is CN(CCCNC(=O)CC(N)C(C)(C)C)c1ccccc1. The van der Waals surface area contributed by atoms with Crippen LogP contribution in [-0.2, 0) is 4.79 Å². The topological polar surface area (TPSA) is 58.4 Å². The van der Waals surface area contributed by atoms with E-state index in [0.717, 1.165) is 13.0 Å². The zero-order valence-corrected chi connectivity index (χ0v) is 13.7. The van der Waals surface area contributed by atoms with Crippen molar-refractivity contribution in [3.05, 3.63) is 30.3 Å². The van der Waals surface area contributed by atoms with Crippen molar-refractivity contribution in [3.8, 4) is 0 Å². The van der Waals surface area contributed by atoms with Crippen LogP contribution in [0.2, 0.25) is 0 Å². The summed E-state index contributed by atoms with van der Waals surface area (Å²) >= 11 is 0. The number of amides is 1. The Bertz CT molecular complexity index is 425. The molecule has 1 rings (SSSR count). The summed E-state index contributed by atoms with van der Waals surface area (Å²) in [7, 11) is 2.06. The summed E-state index contributed by atoms with van der Waals surface area (Å²) in [6, 6.07) is 10.1. The number of carbonyl (C=O) groups excluding carboxylic acids is 1. The number of carbonyl (C=O) groups is 1. The largest absolute Gasteiger partial charge is 0.375 e. The van der Waals surface area contributed by atoms with Gasteiger partial charge in [0.25, 0.3) is 0 Å². The van der Waals surface area contributed by atoms with E-state index in [0.29, 0.717) is 13.0 Å². The smallest absolute Gasteiger partial charge is 0.221 e. The summed E-state index contributed by atoms with van der Waals surface area (Å²) in [6.07, 6.45) is 1.31. The van der Waals surface area contributed by atoms with Gasteiger partial charge in [0, 0.05) is 38.3 Å². The molecule has 0 saturated carbocycles. The lowest BCUT2D eigenvalue weighted by molar-refractivity contribution is -0.121. The van der Waals surface area contributed by atoms with E-state index in [4.69, 9.17) is 5.73 Å². The van der Waals surface area contributed by atoms with Crippen LogP contribution in [0.3, 0.4) is 0 Å². The minimum absolute atomic E-state index is 0.0368. The van der Waals surface area contributed by atoms with Gasteiger partial charge in [-0.05, 0) is 24.0 Å². The maximum atomic E-state index is 11.8. The zero-order valence-electron chi connectivity index (χ0n) is 13.7. The summed E-state index contributed by atoms with van der Waals surface area (Å²) in [6.45, 7) is 7.77. The Kier molecular flexibility index (Phi) is 6.69. The molecule has 118 valence electrons. The first-order valence-electron chi connectivity index (χ1n) is 7.59. The molecule has 0 radical (unpaired) electrons. The number of hydrogen-bond acceptors (Lipinski definition) is 3. The van der Waals surface area contributed by atoms with E-state index in [2.05, 4.69) is 50.2 Å². The van der Waals surface area contributed by atoms with Crippen LogP contribution in [0.15, 0.2) is 30.3 Å². The Morgan fingerprint density at radius 3 is 2.48 bits per heavy atom. The molecule has 1 atom stereocenters. The molecule has 3 N–H and O–H groups in total. The van der Waals surface area contributed by atoms with E-state index < -0.39 is 0 Å². The number of hydrogen-bond donors (Lipinski definition) is 2. The molecular formula is C17H29N3O. The van der Waals surface area contributed by atoms with Gasteiger partial charge in [0.15, 0.2) is 0 Å². The average molecular weight is 291 g/mol. The van der Waals surface area contributed by atoms with Gasteiger partial charge >= 0.3 is 0 Å². The van der Waals surface area contributed by atoms with Crippen molar-refractivity contribution in [1.29, 1.82) is 0 Å². The minimum atomic E-state index is -0.107. The lowest BCUT2D eigenvalue weighted by Gasteiger charge is -2.26. The molecule has 0 fully saturated rings. The summed E-state index contributed by atoms with van der Waals surface area (Å²) in [4.78, 5) is 14.0. The van der Waals surface area contributed by atoms with Crippen LogP contribution >= 0.6 is 0 Å². The number of anilines is 1. The number of nitrogens with one attached hydrogen (secondary N) is 1. The molecule has 4 heteroatoms. The first kappa shape index (κ1) is 17.5. The predicted molar refractivity (Wildman–Crippen MR) is 89.4 cm³/mol. The van der Waals surface area contributed by atoms with Crippen LogP contribution in [-0.4, -0.2) is 32.1 Å². The van der Waals surface area contributed by atoms with E-state index >= 15 is 0 Å². The van der Waals surface area contributed by atoms with Gasteiger partial charge in [0.1, 0.15) is 0 Å². The molecule has 4 nitrogen and oxygen atoms in total. The summed E-state index contributed by atoms with van der Waals surface area (Å²) in [5.74, 6) is 0.0415.